The lowest BCUT2D eigenvalue weighted by Crippen LogP contribution is -2.28. The molecule has 0 unspecified atom stereocenters. The van der Waals surface area contributed by atoms with Crippen molar-refractivity contribution in [3.63, 3.8) is 0 Å². The Hall–Kier alpha value is -5.86. The van der Waals surface area contributed by atoms with Crippen LogP contribution < -0.4 is 0 Å². The Bertz CT molecular complexity index is 3030. The molecule has 0 N–H and O–H groups in total. The van der Waals surface area contributed by atoms with Gasteiger partial charge in [-0.2, -0.15) is 0 Å². The zero-order valence-corrected chi connectivity index (χ0v) is 24.3. The Labute approximate surface area is 280 Å². The number of aromatic nitrogens is 2. The summed E-state index contributed by atoms with van der Waals surface area (Å²) >= 11 is 0. The second-order valence-corrected chi connectivity index (χ2v) is 12.1. The summed E-state index contributed by atoms with van der Waals surface area (Å²) in [5.74, 6) is -0.451. The third kappa shape index (κ3) is 2.97. The van der Waals surface area contributed by atoms with E-state index >= 15 is 0 Å². The van der Waals surface area contributed by atoms with Gasteiger partial charge in [0.05, 0.1) is 35.8 Å². The van der Waals surface area contributed by atoms with Crippen LogP contribution in [-0.2, 0) is 0 Å². The summed E-state index contributed by atoms with van der Waals surface area (Å²) < 4.78 is 90.2. The van der Waals surface area contributed by atoms with Crippen LogP contribution in [0.4, 0.5) is 0 Å². The number of fused-ring (bicyclic) bond motifs is 6. The van der Waals surface area contributed by atoms with Crippen LogP contribution in [0.2, 0.25) is 0 Å². The second-order valence-electron chi connectivity index (χ2n) is 12.1. The van der Waals surface area contributed by atoms with Crippen molar-refractivity contribution in [1.29, 1.82) is 0 Å². The van der Waals surface area contributed by atoms with Gasteiger partial charge in [-0.3, -0.25) is 0 Å². The third-order valence-corrected chi connectivity index (χ3v) is 10.1. The second kappa shape index (κ2) is 8.87. The monoisotopic (exact) mass is 594 g/mol. The average molecular weight is 595 g/mol. The molecular weight excluding hydrogens is 556 g/mol. The molecule has 2 aromatic heterocycles. The maximum absolute atomic E-state index is 8.98. The highest BCUT2D eigenvalue weighted by atomic mass is 15.0. The molecule has 46 heavy (non-hydrogen) atoms. The minimum atomic E-state index is -0.445. The van der Waals surface area contributed by atoms with E-state index in [1.54, 1.807) is 0 Å². The number of rotatable bonds is 2. The van der Waals surface area contributed by atoms with Gasteiger partial charge in [0.15, 0.2) is 0 Å². The Balaban J connectivity index is 1.30. The molecule has 0 spiro atoms. The Kier molecular flexibility index (Phi) is 3.28. The molecule has 7 aromatic carbocycles. The molecule has 9 aromatic rings. The molecule has 2 nitrogen and oxygen atoms in total. The van der Waals surface area contributed by atoms with E-state index in [1.807, 2.05) is 75.9 Å². The van der Waals surface area contributed by atoms with Gasteiger partial charge in [-0.1, -0.05) is 109 Å². The van der Waals surface area contributed by atoms with Crippen LogP contribution in [0.25, 0.3) is 55.0 Å². The van der Waals surface area contributed by atoms with E-state index < -0.39 is 36.3 Å². The number of benzene rings is 7. The number of para-hydroxylation sites is 4. The van der Waals surface area contributed by atoms with E-state index in [1.165, 1.54) is 5.56 Å². The third-order valence-electron chi connectivity index (χ3n) is 10.1. The van der Waals surface area contributed by atoms with E-state index in [0.29, 0.717) is 0 Å². The lowest BCUT2D eigenvalue weighted by Gasteiger charge is -2.43. The molecule has 3 aliphatic rings. The van der Waals surface area contributed by atoms with Crippen molar-refractivity contribution < 1.29 is 13.7 Å². The topological polar surface area (TPSA) is 9.86 Å². The molecule has 12 rings (SSSR count). The molecule has 0 aliphatic heterocycles. The molecule has 0 saturated carbocycles. The van der Waals surface area contributed by atoms with Crippen LogP contribution in [0.1, 0.15) is 58.9 Å². The van der Waals surface area contributed by atoms with Crippen LogP contribution in [0, 0.1) is 0 Å². The van der Waals surface area contributed by atoms with Crippen molar-refractivity contribution in [1.82, 2.24) is 9.13 Å². The van der Waals surface area contributed by atoms with Crippen LogP contribution >= 0.6 is 0 Å². The minimum Gasteiger partial charge on any atom is -0.309 e. The van der Waals surface area contributed by atoms with Crippen LogP contribution in [-0.4, -0.2) is 9.13 Å². The van der Waals surface area contributed by atoms with Gasteiger partial charge in [-0.15, -0.1) is 0 Å². The highest BCUT2D eigenvalue weighted by molar-refractivity contribution is 6.15. The zero-order chi connectivity index (χ0) is 38.6. The summed E-state index contributed by atoms with van der Waals surface area (Å²) in [6.07, 6.45) is 0. The SMILES string of the molecule is [2H]c1c([2H])c([2H])c(-n2c3ccccc3c3c4c(ccc32)C2c3ccccc3C4c3c2ccc2c3c3ccccc3n2-c2c([2H])c([2H])c([2H])c([2H])c2[2H])c([2H])c1[2H]. The predicted molar refractivity (Wildman–Crippen MR) is 190 cm³/mol. The zero-order valence-electron chi connectivity index (χ0n) is 34.3. The van der Waals surface area contributed by atoms with E-state index in [-0.39, 0.29) is 47.4 Å². The molecule has 3 aliphatic carbocycles. The average Bonchev–Trinajstić information content (AvgIpc) is 3.74. The lowest BCUT2D eigenvalue weighted by atomic mass is 9.59. The van der Waals surface area contributed by atoms with Crippen LogP contribution in [0.5, 0.6) is 0 Å². The number of hydrogen-bond acceptors (Lipinski definition) is 0. The van der Waals surface area contributed by atoms with E-state index in [0.717, 1.165) is 71.4 Å². The maximum atomic E-state index is 8.98. The summed E-state index contributed by atoms with van der Waals surface area (Å²) in [5.41, 5.74) is 9.82. The quantitative estimate of drug-likeness (QED) is 0.188. The standard InChI is InChI=1S/C44H28N2/c1-3-13-27(14-4-1)45-35-21-11-9-19-31(35)40-37(45)25-23-33-39-29-17-7-8-18-30(29)42(43(33)40)44-34(39)24-26-38-41(44)32-20-10-12-22-36(32)46(38)28-15-5-2-6-16-28/h1-26,39,42H/i1D,2D,3D,4D,5D,6D,13D,14D,15D,16D. The van der Waals surface area contributed by atoms with Gasteiger partial charge in [0, 0.05) is 44.8 Å². The van der Waals surface area contributed by atoms with Crippen molar-refractivity contribution >= 4 is 43.6 Å². The first-order valence-electron chi connectivity index (χ1n) is 20.4. The highest BCUT2D eigenvalue weighted by Gasteiger charge is 2.44. The molecule has 0 radical (unpaired) electrons. The van der Waals surface area contributed by atoms with Gasteiger partial charge < -0.3 is 9.13 Å². The highest BCUT2D eigenvalue weighted by Crippen LogP contribution is 2.60. The summed E-state index contributed by atoms with van der Waals surface area (Å²) in [5, 5.41) is 3.66. The molecule has 2 heterocycles. The first-order valence-corrected chi connectivity index (χ1v) is 15.4. The Morgan fingerprint density at radius 1 is 0.391 bits per heavy atom. The van der Waals surface area contributed by atoms with E-state index in [4.69, 9.17) is 13.7 Å². The fraction of sp³-hybridized carbons (Fsp3) is 0.0455. The largest absolute Gasteiger partial charge is 0.309 e. The Morgan fingerprint density at radius 3 is 1.33 bits per heavy atom. The molecular formula is C44H28N2. The summed E-state index contributed by atoms with van der Waals surface area (Å²) in [4.78, 5) is 0. The van der Waals surface area contributed by atoms with Crippen molar-refractivity contribution in [3.8, 4) is 11.4 Å². The van der Waals surface area contributed by atoms with Crippen molar-refractivity contribution in [2.75, 3.05) is 0 Å². The molecule has 2 heteroatoms. The van der Waals surface area contributed by atoms with E-state index in [9.17, 15) is 0 Å². The molecule has 0 saturated heterocycles. The molecule has 214 valence electrons. The smallest absolute Gasteiger partial charge is 0.0645 e. The van der Waals surface area contributed by atoms with Gasteiger partial charge in [0.25, 0.3) is 0 Å². The van der Waals surface area contributed by atoms with E-state index in [2.05, 4.69) is 30.3 Å². The van der Waals surface area contributed by atoms with Gasteiger partial charge in [0.2, 0.25) is 0 Å². The van der Waals surface area contributed by atoms with Crippen molar-refractivity contribution in [3.05, 3.63) is 191 Å². The summed E-state index contributed by atoms with van der Waals surface area (Å²) in [7, 11) is 0. The summed E-state index contributed by atoms with van der Waals surface area (Å²) in [6, 6.07) is 28.8. The van der Waals surface area contributed by atoms with Gasteiger partial charge in [-0.25, -0.2) is 0 Å². The van der Waals surface area contributed by atoms with Gasteiger partial charge in [0.1, 0.15) is 0 Å². The first-order chi connectivity index (χ1) is 27.0. The van der Waals surface area contributed by atoms with Crippen LogP contribution in [0.15, 0.2) is 157 Å². The number of nitrogens with zero attached hydrogens (tertiary/aromatic N) is 2. The van der Waals surface area contributed by atoms with Crippen LogP contribution in [0.3, 0.4) is 0 Å². The van der Waals surface area contributed by atoms with Crippen molar-refractivity contribution in [2.45, 2.75) is 11.8 Å². The number of hydrogen-bond donors (Lipinski definition) is 0. The fourth-order valence-electron chi connectivity index (χ4n) is 8.52. The minimum absolute atomic E-state index is 0.0907. The Morgan fingerprint density at radius 2 is 0.826 bits per heavy atom. The first kappa shape index (κ1) is 17.0. The summed E-state index contributed by atoms with van der Waals surface area (Å²) in [6.45, 7) is 0. The maximum Gasteiger partial charge on any atom is 0.0645 e. The lowest BCUT2D eigenvalue weighted by molar-refractivity contribution is 0.768. The molecule has 0 fully saturated rings. The predicted octanol–water partition coefficient (Wildman–Crippen LogP) is 10.9. The fourth-order valence-corrected chi connectivity index (χ4v) is 8.52. The molecule has 0 amide bonds. The molecule has 0 atom stereocenters. The van der Waals surface area contributed by atoms with Gasteiger partial charge in [-0.05, 0) is 81.8 Å². The molecule has 2 bridgehead atoms. The van der Waals surface area contributed by atoms with Gasteiger partial charge >= 0.3 is 0 Å². The van der Waals surface area contributed by atoms with Crippen molar-refractivity contribution in [2.24, 2.45) is 0 Å². The normalized spacial score (nSPS) is 19.3.